The van der Waals surface area contributed by atoms with Crippen LogP contribution in [0.1, 0.15) is 11.1 Å². The first-order valence-electron chi connectivity index (χ1n) is 6.31. The van der Waals surface area contributed by atoms with E-state index >= 15 is 0 Å². The molecule has 2 nitrogen and oxygen atoms in total. The number of rotatable bonds is 3. The van der Waals surface area contributed by atoms with Crippen molar-refractivity contribution in [3.8, 4) is 0 Å². The minimum Gasteiger partial charge on any atom is -0.321 e. The Morgan fingerprint density at radius 2 is 1.95 bits per heavy atom. The fourth-order valence-electron chi connectivity index (χ4n) is 2.08. The lowest BCUT2D eigenvalue weighted by Crippen LogP contribution is -2.03. The topological polar surface area (TPSA) is 29.1 Å². The van der Waals surface area contributed by atoms with Crippen LogP contribution in [0.15, 0.2) is 52.3 Å². The third-order valence-electron chi connectivity index (χ3n) is 3.13. The van der Waals surface area contributed by atoms with Gasteiger partial charge in [0.1, 0.15) is 5.82 Å². The van der Waals surface area contributed by atoms with Crippen LogP contribution in [0.5, 0.6) is 0 Å². The van der Waals surface area contributed by atoms with E-state index in [0.29, 0.717) is 11.3 Å². The molecule has 0 aliphatic carbocycles. The predicted octanol–water partition coefficient (Wildman–Crippen LogP) is 4.81. The van der Waals surface area contributed by atoms with Crippen molar-refractivity contribution in [3.63, 3.8) is 0 Å². The molecular weight excluding hydrogens is 353 g/mol. The number of benzene rings is 2. The van der Waals surface area contributed by atoms with Gasteiger partial charge in [0.2, 0.25) is 0 Å². The van der Waals surface area contributed by atoms with Gasteiger partial charge in [-0.25, -0.2) is 4.39 Å². The zero-order valence-corrected chi connectivity index (χ0v) is 13.3. The summed E-state index contributed by atoms with van der Waals surface area (Å²) in [5, 5.41) is 4.70. The van der Waals surface area contributed by atoms with Crippen LogP contribution in [0, 0.1) is 5.82 Å². The van der Waals surface area contributed by atoms with E-state index in [1.54, 1.807) is 12.1 Å². The number of halogens is 2. The number of hydrogen-bond acceptors (Lipinski definition) is 2. The van der Waals surface area contributed by atoms with Gasteiger partial charge in [0.05, 0.1) is 5.57 Å². The van der Waals surface area contributed by atoms with Gasteiger partial charge < -0.3 is 5.32 Å². The van der Waals surface area contributed by atoms with Gasteiger partial charge in [0.25, 0.3) is 5.91 Å². The number of carbonyl (C=O) groups excluding carboxylic acids is 1. The maximum Gasteiger partial charge on any atom is 0.256 e. The number of carbonyl (C=O) groups is 1. The van der Waals surface area contributed by atoms with E-state index in [-0.39, 0.29) is 11.7 Å². The highest BCUT2D eigenvalue weighted by atomic mass is 79.9. The van der Waals surface area contributed by atoms with Crippen LogP contribution < -0.4 is 5.32 Å². The molecule has 0 bridgehead atoms. The summed E-state index contributed by atoms with van der Waals surface area (Å²) in [4.78, 5) is 12.0. The van der Waals surface area contributed by atoms with Crippen LogP contribution in [-0.4, -0.2) is 5.91 Å². The Morgan fingerprint density at radius 3 is 2.71 bits per heavy atom. The summed E-state index contributed by atoms with van der Waals surface area (Å²) in [5.41, 5.74) is 3.42. The summed E-state index contributed by atoms with van der Waals surface area (Å²) in [7, 11) is 0. The third kappa shape index (κ3) is 3.19. The molecule has 0 spiro atoms. The van der Waals surface area contributed by atoms with Crippen molar-refractivity contribution in [2.45, 2.75) is 5.75 Å². The summed E-state index contributed by atoms with van der Waals surface area (Å²) >= 11 is 4.94. The van der Waals surface area contributed by atoms with Gasteiger partial charge in [0.15, 0.2) is 0 Å². The van der Waals surface area contributed by atoms with Crippen LogP contribution >= 0.6 is 27.7 Å². The molecule has 5 heteroatoms. The molecule has 1 aliphatic heterocycles. The highest BCUT2D eigenvalue weighted by Gasteiger charge is 2.23. The Hall–Kier alpha value is -1.59. The largest absolute Gasteiger partial charge is 0.321 e. The van der Waals surface area contributed by atoms with Crippen molar-refractivity contribution in [2.75, 3.05) is 5.32 Å². The molecule has 0 atom stereocenters. The minimum absolute atomic E-state index is 0.0882. The molecule has 0 saturated carbocycles. The van der Waals surface area contributed by atoms with Crippen molar-refractivity contribution >= 4 is 44.9 Å². The van der Waals surface area contributed by atoms with Gasteiger partial charge >= 0.3 is 0 Å². The van der Waals surface area contributed by atoms with E-state index in [1.807, 2.05) is 23.6 Å². The molecule has 3 rings (SSSR count). The first kappa shape index (κ1) is 14.4. The molecule has 106 valence electrons. The Morgan fingerprint density at radius 1 is 1.19 bits per heavy atom. The Bertz CT molecular complexity index is 728. The van der Waals surface area contributed by atoms with Crippen LogP contribution in [0.4, 0.5) is 10.1 Å². The molecular formula is C16H11BrFNOS. The molecule has 21 heavy (non-hydrogen) atoms. The molecule has 1 aliphatic rings. The lowest BCUT2D eigenvalue weighted by atomic mass is 10.1. The first-order chi connectivity index (χ1) is 10.1. The van der Waals surface area contributed by atoms with Crippen LogP contribution in [0.2, 0.25) is 0 Å². The smallest absolute Gasteiger partial charge is 0.256 e. The summed E-state index contributed by atoms with van der Waals surface area (Å²) < 4.78 is 13.8. The van der Waals surface area contributed by atoms with Crippen molar-refractivity contribution in [2.24, 2.45) is 0 Å². The molecule has 1 amide bonds. The third-order valence-corrected chi connectivity index (χ3v) is 4.52. The van der Waals surface area contributed by atoms with E-state index in [4.69, 9.17) is 0 Å². The number of thioether (sulfide) groups is 1. The summed E-state index contributed by atoms with van der Waals surface area (Å²) in [6, 6.07) is 12.1. The standard InChI is InChI=1S/C16H11BrFNOS/c17-11-3-6-15-13(7-11)14(16(20)19-15)9-21-8-10-1-4-12(18)5-2-10/h1-7,9H,8H2,(H,19,20). The number of anilines is 1. The van der Waals surface area contributed by atoms with Crippen molar-refractivity contribution < 1.29 is 9.18 Å². The molecule has 1 N–H and O–H groups in total. The molecule has 1 heterocycles. The second-order valence-electron chi connectivity index (χ2n) is 4.61. The molecule has 0 unspecified atom stereocenters. The maximum absolute atomic E-state index is 12.8. The Balaban J connectivity index is 1.76. The zero-order valence-electron chi connectivity index (χ0n) is 10.9. The quantitative estimate of drug-likeness (QED) is 0.792. The Labute approximate surface area is 134 Å². The lowest BCUT2D eigenvalue weighted by molar-refractivity contribution is -0.110. The lowest BCUT2D eigenvalue weighted by Gasteiger charge is -2.00. The molecule has 2 aromatic rings. The van der Waals surface area contributed by atoms with Gasteiger partial charge in [-0.05, 0) is 41.3 Å². The van der Waals surface area contributed by atoms with Gasteiger partial charge in [-0.2, -0.15) is 0 Å². The van der Waals surface area contributed by atoms with Gasteiger partial charge in [-0.15, -0.1) is 11.8 Å². The van der Waals surface area contributed by atoms with Crippen molar-refractivity contribution in [3.05, 3.63) is 69.3 Å². The van der Waals surface area contributed by atoms with Crippen LogP contribution in [-0.2, 0) is 10.5 Å². The van der Waals surface area contributed by atoms with Gasteiger partial charge in [-0.3, -0.25) is 4.79 Å². The van der Waals surface area contributed by atoms with E-state index in [1.165, 1.54) is 23.9 Å². The number of nitrogens with one attached hydrogen (secondary N) is 1. The summed E-state index contributed by atoms with van der Waals surface area (Å²) in [6.45, 7) is 0. The van der Waals surface area contributed by atoms with E-state index in [9.17, 15) is 9.18 Å². The molecule has 0 radical (unpaired) electrons. The van der Waals surface area contributed by atoms with E-state index < -0.39 is 0 Å². The van der Waals surface area contributed by atoms with E-state index in [2.05, 4.69) is 21.2 Å². The van der Waals surface area contributed by atoms with Gasteiger partial charge in [0, 0.05) is 21.5 Å². The zero-order chi connectivity index (χ0) is 14.8. The second-order valence-corrected chi connectivity index (χ2v) is 6.39. The highest BCUT2D eigenvalue weighted by molar-refractivity contribution is 9.10. The Kier molecular flexibility index (Phi) is 4.12. The van der Waals surface area contributed by atoms with Crippen LogP contribution in [0.25, 0.3) is 5.57 Å². The fraction of sp³-hybridized carbons (Fsp3) is 0.0625. The normalized spacial score (nSPS) is 15.1. The first-order valence-corrected chi connectivity index (χ1v) is 8.15. The minimum atomic E-state index is -0.240. The number of hydrogen-bond donors (Lipinski definition) is 1. The monoisotopic (exact) mass is 363 g/mol. The number of amides is 1. The molecule has 0 aromatic heterocycles. The fourth-order valence-corrected chi connectivity index (χ4v) is 3.31. The van der Waals surface area contributed by atoms with E-state index in [0.717, 1.165) is 21.3 Å². The molecule has 0 fully saturated rings. The average Bonchev–Trinajstić information content (AvgIpc) is 2.77. The maximum atomic E-state index is 12.8. The molecule has 0 saturated heterocycles. The average molecular weight is 364 g/mol. The van der Waals surface area contributed by atoms with Crippen LogP contribution in [0.3, 0.4) is 0 Å². The number of fused-ring (bicyclic) bond motifs is 1. The summed E-state index contributed by atoms with van der Waals surface area (Å²) in [6.07, 6.45) is 0. The highest BCUT2D eigenvalue weighted by Crippen LogP contribution is 2.35. The van der Waals surface area contributed by atoms with Crippen molar-refractivity contribution in [1.82, 2.24) is 0 Å². The predicted molar refractivity (Wildman–Crippen MR) is 88.4 cm³/mol. The SMILES string of the molecule is O=C1Nc2ccc(Br)cc2C1=CSCc1ccc(F)cc1. The van der Waals surface area contributed by atoms with Crippen molar-refractivity contribution in [1.29, 1.82) is 0 Å². The van der Waals surface area contributed by atoms with Gasteiger partial charge in [-0.1, -0.05) is 28.1 Å². The summed E-state index contributed by atoms with van der Waals surface area (Å²) in [5.74, 6) is 0.367. The molecule has 2 aromatic carbocycles. The second kappa shape index (κ2) is 6.03.